The van der Waals surface area contributed by atoms with E-state index in [-0.39, 0.29) is 11.4 Å². The molecule has 4 aromatic rings. The highest BCUT2D eigenvalue weighted by molar-refractivity contribution is 6.04. The van der Waals surface area contributed by atoms with Gasteiger partial charge in [-0.3, -0.25) is 4.79 Å². The molecule has 0 aliphatic rings. The maximum Gasteiger partial charge on any atom is 0.280 e. The molecule has 2 aromatic carbocycles. The van der Waals surface area contributed by atoms with Gasteiger partial charge < -0.3 is 9.88 Å². The van der Waals surface area contributed by atoms with E-state index in [0.717, 1.165) is 23.3 Å². The summed E-state index contributed by atoms with van der Waals surface area (Å²) in [7, 11) is 0. The van der Waals surface area contributed by atoms with Crippen LogP contribution in [0, 0.1) is 18.6 Å². The molecule has 0 spiro atoms. The number of carbonyl (C=O) groups excluding carboxylic acids is 1. The average Bonchev–Trinajstić information content (AvgIpc) is 3.35. The summed E-state index contributed by atoms with van der Waals surface area (Å²) in [6.07, 6.45) is 3.53. The monoisotopic (exact) mass is 393 g/mol. The van der Waals surface area contributed by atoms with E-state index >= 15 is 0 Å². The van der Waals surface area contributed by atoms with Gasteiger partial charge in [0.1, 0.15) is 11.6 Å². The number of benzene rings is 2. The van der Waals surface area contributed by atoms with Gasteiger partial charge in [0.15, 0.2) is 11.5 Å². The van der Waals surface area contributed by atoms with Crippen LogP contribution in [0.1, 0.15) is 21.6 Å². The number of nitrogens with zero attached hydrogens (tertiary/aromatic N) is 4. The summed E-state index contributed by atoms with van der Waals surface area (Å²) >= 11 is 0. The Kier molecular flexibility index (Phi) is 4.90. The van der Waals surface area contributed by atoms with Gasteiger partial charge in [0.25, 0.3) is 5.91 Å². The second-order valence-electron chi connectivity index (χ2n) is 6.57. The lowest BCUT2D eigenvalue weighted by Gasteiger charge is -2.10. The zero-order chi connectivity index (χ0) is 20.4. The largest absolute Gasteiger partial charge is 0.318 e. The predicted octanol–water partition coefficient (Wildman–Crippen LogP) is 3.96. The van der Waals surface area contributed by atoms with Crippen molar-refractivity contribution < 1.29 is 13.6 Å². The van der Waals surface area contributed by atoms with Gasteiger partial charge in [-0.15, -0.1) is 5.10 Å². The lowest BCUT2D eigenvalue weighted by Crippen LogP contribution is -2.17. The van der Waals surface area contributed by atoms with Crippen LogP contribution in [0.25, 0.3) is 5.82 Å². The molecule has 0 atom stereocenters. The Labute approximate surface area is 165 Å². The van der Waals surface area contributed by atoms with Crippen LogP contribution in [0.5, 0.6) is 0 Å². The number of carbonyl (C=O) groups is 1. The molecule has 146 valence electrons. The van der Waals surface area contributed by atoms with E-state index in [2.05, 4.69) is 15.6 Å². The molecular formula is C21H17F2N5O. The number of aryl methyl sites for hydroxylation is 1. The van der Waals surface area contributed by atoms with Crippen molar-refractivity contribution in [2.75, 3.05) is 5.32 Å². The SMILES string of the molecule is Cc1ccc(Cn2nnc(C(=O)Nc3ccc(F)cc3F)c2-n2cccc2)cc1. The molecule has 4 rings (SSSR count). The normalized spacial score (nSPS) is 10.9. The van der Waals surface area contributed by atoms with Crippen molar-refractivity contribution >= 4 is 11.6 Å². The van der Waals surface area contributed by atoms with E-state index in [1.165, 1.54) is 0 Å². The first-order chi connectivity index (χ1) is 14.0. The van der Waals surface area contributed by atoms with Gasteiger partial charge in [0.05, 0.1) is 12.2 Å². The Morgan fingerprint density at radius 3 is 2.48 bits per heavy atom. The molecule has 0 unspecified atom stereocenters. The molecule has 8 heteroatoms. The van der Waals surface area contributed by atoms with E-state index in [9.17, 15) is 13.6 Å². The summed E-state index contributed by atoms with van der Waals surface area (Å²) in [4.78, 5) is 12.8. The molecule has 29 heavy (non-hydrogen) atoms. The number of amides is 1. The molecule has 2 aromatic heterocycles. The van der Waals surface area contributed by atoms with E-state index < -0.39 is 17.5 Å². The minimum absolute atomic E-state index is 0.0250. The molecule has 2 heterocycles. The third kappa shape index (κ3) is 3.91. The van der Waals surface area contributed by atoms with Crippen molar-refractivity contribution in [3.05, 3.63) is 95.4 Å². The Hall–Kier alpha value is -3.81. The molecule has 0 aliphatic carbocycles. The van der Waals surface area contributed by atoms with Crippen LogP contribution in [0.15, 0.2) is 67.0 Å². The average molecular weight is 393 g/mol. The van der Waals surface area contributed by atoms with Crippen LogP contribution in [0.4, 0.5) is 14.5 Å². The van der Waals surface area contributed by atoms with Crippen molar-refractivity contribution in [2.24, 2.45) is 0 Å². The summed E-state index contributed by atoms with van der Waals surface area (Å²) in [5, 5.41) is 10.6. The lowest BCUT2D eigenvalue weighted by atomic mass is 10.1. The summed E-state index contributed by atoms with van der Waals surface area (Å²) in [5.74, 6) is -1.80. The molecule has 0 aliphatic heterocycles. The minimum Gasteiger partial charge on any atom is -0.318 e. The third-order valence-corrected chi connectivity index (χ3v) is 4.41. The van der Waals surface area contributed by atoms with E-state index in [0.29, 0.717) is 18.4 Å². The highest BCUT2D eigenvalue weighted by Gasteiger charge is 2.22. The predicted molar refractivity (Wildman–Crippen MR) is 104 cm³/mol. The highest BCUT2D eigenvalue weighted by Crippen LogP contribution is 2.19. The van der Waals surface area contributed by atoms with Gasteiger partial charge in [0, 0.05) is 18.5 Å². The first-order valence-corrected chi connectivity index (χ1v) is 8.90. The zero-order valence-electron chi connectivity index (χ0n) is 15.5. The second-order valence-corrected chi connectivity index (χ2v) is 6.57. The van der Waals surface area contributed by atoms with E-state index in [1.54, 1.807) is 21.6 Å². The maximum atomic E-state index is 13.9. The Balaban J connectivity index is 1.68. The molecular weight excluding hydrogens is 376 g/mol. The fraction of sp³-hybridized carbons (Fsp3) is 0.0952. The first-order valence-electron chi connectivity index (χ1n) is 8.90. The fourth-order valence-electron chi connectivity index (χ4n) is 2.93. The van der Waals surface area contributed by atoms with Gasteiger partial charge >= 0.3 is 0 Å². The molecule has 0 fully saturated rings. The number of anilines is 1. The van der Waals surface area contributed by atoms with Gasteiger partial charge in [-0.2, -0.15) is 0 Å². The molecule has 0 saturated heterocycles. The van der Waals surface area contributed by atoms with Crippen molar-refractivity contribution in [1.82, 2.24) is 19.6 Å². The Bertz CT molecular complexity index is 1150. The number of hydrogen-bond donors (Lipinski definition) is 1. The van der Waals surface area contributed by atoms with Crippen molar-refractivity contribution in [3.8, 4) is 5.82 Å². The summed E-state index contributed by atoms with van der Waals surface area (Å²) in [5.41, 5.74) is 2.02. The van der Waals surface area contributed by atoms with Crippen LogP contribution < -0.4 is 5.32 Å². The molecule has 6 nitrogen and oxygen atoms in total. The summed E-state index contributed by atoms with van der Waals surface area (Å²) in [6.45, 7) is 2.40. The molecule has 0 bridgehead atoms. The Morgan fingerprint density at radius 2 is 1.79 bits per heavy atom. The fourth-order valence-corrected chi connectivity index (χ4v) is 2.93. The molecule has 1 N–H and O–H groups in total. The van der Waals surface area contributed by atoms with Crippen LogP contribution in [0.2, 0.25) is 0 Å². The van der Waals surface area contributed by atoms with Crippen LogP contribution in [-0.4, -0.2) is 25.5 Å². The maximum absolute atomic E-state index is 13.9. The highest BCUT2D eigenvalue weighted by atomic mass is 19.1. The van der Waals surface area contributed by atoms with Gasteiger partial charge in [-0.05, 0) is 36.8 Å². The minimum atomic E-state index is -0.868. The number of hydrogen-bond acceptors (Lipinski definition) is 3. The zero-order valence-corrected chi connectivity index (χ0v) is 15.5. The van der Waals surface area contributed by atoms with Crippen LogP contribution in [-0.2, 0) is 6.54 Å². The first kappa shape index (κ1) is 18.5. The second kappa shape index (κ2) is 7.67. The summed E-state index contributed by atoms with van der Waals surface area (Å²) < 4.78 is 30.3. The number of aromatic nitrogens is 4. The van der Waals surface area contributed by atoms with Gasteiger partial charge in [-0.25, -0.2) is 13.5 Å². The van der Waals surface area contributed by atoms with E-state index in [1.807, 2.05) is 43.3 Å². The lowest BCUT2D eigenvalue weighted by molar-refractivity contribution is 0.102. The smallest absolute Gasteiger partial charge is 0.280 e. The quantitative estimate of drug-likeness (QED) is 0.558. The van der Waals surface area contributed by atoms with Crippen LogP contribution in [0.3, 0.4) is 0 Å². The van der Waals surface area contributed by atoms with Gasteiger partial charge in [0.2, 0.25) is 0 Å². The number of halogens is 2. The topological polar surface area (TPSA) is 64.7 Å². The standard InChI is InChI=1S/C21H17F2N5O/c1-14-4-6-15(7-5-14)13-28-21(27-10-2-3-11-27)19(25-26-28)20(29)24-18-9-8-16(22)12-17(18)23/h2-12H,13H2,1H3,(H,24,29). The summed E-state index contributed by atoms with van der Waals surface area (Å²) in [6, 6.07) is 14.5. The molecule has 1 amide bonds. The van der Waals surface area contributed by atoms with Gasteiger partial charge in [-0.1, -0.05) is 35.0 Å². The third-order valence-electron chi connectivity index (χ3n) is 4.41. The number of nitrogens with one attached hydrogen (secondary N) is 1. The Morgan fingerprint density at radius 1 is 1.07 bits per heavy atom. The molecule has 0 saturated carbocycles. The van der Waals surface area contributed by atoms with Crippen molar-refractivity contribution in [3.63, 3.8) is 0 Å². The van der Waals surface area contributed by atoms with E-state index in [4.69, 9.17) is 0 Å². The van der Waals surface area contributed by atoms with Crippen molar-refractivity contribution in [2.45, 2.75) is 13.5 Å². The van der Waals surface area contributed by atoms with Crippen molar-refractivity contribution in [1.29, 1.82) is 0 Å². The number of rotatable bonds is 5. The molecule has 0 radical (unpaired) electrons. The van der Waals surface area contributed by atoms with Crippen LogP contribution >= 0.6 is 0 Å².